The second-order valence-corrected chi connectivity index (χ2v) is 6.55. The van der Waals surface area contributed by atoms with E-state index < -0.39 is 17.9 Å². The van der Waals surface area contributed by atoms with Gasteiger partial charge in [-0.2, -0.15) is 0 Å². The van der Waals surface area contributed by atoms with Crippen LogP contribution >= 0.6 is 0 Å². The van der Waals surface area contributed by atoms with Gasteiger partial charge in [-0.1, -0.05) is 6.07 Å². The Hall–Kier alpha value is -2.34. The van der Waals surface area contributed by atoms with Crippen molar-refractivity contribution in [1.29, 1.82) is 0 Å². The zero-order valence-electron chi connectivity index (χ0n) is 14.0. The predicted octanol–water partition coefficient (Wildman–Crippen LogP) is 1.74. The summed E-state index contributed by atoms with van der Waals surface area (Å²) in [6.45, 7) is 2.72. The van der Waals surface area contributed by atoms with Crippen molar-refractivity contribution in [3.05, 3.63) is 30.5 Å². The first-order valence-corrected chi connectivity index (χ1v) is 8.29. The number of carbonyl (C=O) groups excluding carboxylic acids is 2. The fourth-order valence-corrected chi connectivity index (χ4v) is 3.26. The lowest BCUT2D eigenvalue weighted by Crippen LogP contribution is -2.47. The molecule has 2 amide bonds. The summed E-state index contributed by atoms with van der Waals surface area (Å²) in [5, 5.41) is 13.5. The Morgan fingerprint density at radius 2 is 2.12 bits per heavy atom. The highest BCUT2D eigenvalue weighted by atomic mass is 16.3. The van der Waals surface area contributed by atoms with Gasteiger partial charge in [0, 0.05) is 43.5 Å². The molecular weight excluding hydrogens is 306 g/mol. The lowest BCUT2D eigenvalue weighted by Gasteiger charge is -2.33. The molecule has 1 fully saturated rings. The van der Waals surface area contributed by atoms with E-state index in [1.54, 1.807) is 13.0 Å². The van der Waals surface area contributed by atoms with E-state index in [9.17, 15) is 14.7 Å². The quantitative estimate of drug-likeness (QED) is 0.824. The van der Waals surface area contributed by atoms with Crippen LogP contribution in [0.15, 0.2) is 30.5 Å². The number of aliphatic hydroxyl groups is 1. The van der Waals surface area contributed by atoms with Crippen LogP contribution in [0.1, 0.15) is 19.8 Å². The molecule has 1 aromatic carbocycles. The number of carbonyl (C=O) groups is 2. The molecule has 2 aromatic rings. The Kier molecular flexibility index (Phi) is 4.57. The number of nitrogens with one attached hydrogen (secondary N) is 1. The van der Waals surface area contributed by atoms with Crippen molar-refractivity contribution < 1.29 is 14.7 Å². The maximum Gasteiger partial charge on any atom is 0.313 e. The first-order valence-electron chi connectivity index (χ1n) is 8.29. The van der Waals surface area contributed by atoms with E-state index in [2.05, 4.69) is 5.32 Å². The van der Waals surface area contributed by atoms with Gasteiger partial charge in [0.1, 0.15) is 0 Å². The third-order valence-electron chi connectivity index (χ3n) is 4.77. The Labute approximate surface area is 141 Å². The fourth-order valence-electron chi connectivity index (χ4n) is 3.26. The monoisotopic (exact) mass is 329 g/mol. The molecule has 2 atom stereocenters. The molecule has 2 N–H and O–H groups in total. The average Bonchev–Trinajstić information content (AvgIpc) is 2.95. The van der Waals surface area contributed by atoms with Crippen LogP contribution in [0.3, 0.4) is 0 Å². The number of hydrogen-bond donors (Lipinski definition) is 2. The van der Waals surface area contributed by atoms with Gasteiger partial charge in [0.2, 0.25) is 0 Å². The molecule has 0 radical (unpaired) electrons. The van der Waals surface area contributed by atoms with E-state index in [-0.39, 0.29) is 5.92 Å². The van der Waals surface area contributed by atoms with Crippen molar-refractivity contribution >= 4 is 28.4 Å². The minimum atomic E-state index is -0.630. The van der Waals surface area contributed by atoms with E-state index in [0.29, 0.717) is 18.8 Å². The van der Waals surface area contributed by atoms with Crippen LogP contribution in [-0.4, -0.2) is 45.6 Å². The Morgan fingerprint density at radius 1 is 1.33 bits per heavy atom. The molecular formula is C18H23N3O3. The van der Waals surface area contributed by atoms with Crippen molar-refractivity contribution in [3.63, 3.8) is 0 Å². The molecule has 0 aliphatic carbocycles. The number of amides is 2. The summed E-state index contributed by atoms with van der Waals surface area (Å²) >= 11 is 0. The number of aliphatic hydroxyl groups excluding tert-OH is 1. The molecule has 1 aromatic heterocycles. The predicted molar refractivity (Wildman–Crippen MR) is 92.5 cm³/mol. The summed E-state index contributed by atoms with van der Waals surface area (Å²) in [6, 6.07) is 7.56. The second-order valence-electron chi connectivity index (χ2n) is 6.55. The van der Waals surface area contributed by atoms with Gasteiger partial charge in [0.25, 0.3) is 0 Å². The van der Waals surface area contributed by atoms with Crippen molar-refractivity contribution in [2.24, 2.45) is 13.0 Å². The molecule has 1 aliphatic heterocycles. The third-order valence-corrected chi connectivity index (χ3v) is 4.77. The van der Waals surface area contributed by atoms with Crippen molar-refractivity contribution in [2.75, 3.05) is 18.4 Å². The van der Waals surface area contributed by atoms with Crippen LogP contribution < -0.4 is 5.32 Å². The standard InChI is InChI=1S/C18H23N3O3/c1-12(22)14-4-3-8-21(11-14)18(24)17(23)19-15-6-5-13-7-9-20(2)16(13)10-15/h5-7,9-10,12,14,22H,3-4,8,11H2,1-2H3,(H,19,23). The number of nitrogens with zero attached hydrogens (tertiary/aromatic N) is 2. The molecule has 128 valence electrons. The number of aryl methyl sites for hydroxylation is 1. The third kappa shape index (κ3) is 3.28. The Morgan fingerprint density at radius 3 is 2.88 bits per heavy atom. The van der Waals surface area contributed by atoms with E-state index in [0.717, 1.165) is 23.7 Å². The van der Waals surface area contributed by atoms with Gasteiger partial charge in [-0.3, -0.25) is 9.59 Å². The molecule has 0 bridgehead atoms. The van der Waals surface area contributed by atoms with Crippen LogP contribution in [-0.2, 0) is 16.6 Å². The van der Waals surface area contributed by atoms with Gasteiger partial charge in [-0.05, 0) is 43.4 Å². The molecule has 2 unspecified atom stereocenters. The van der Waals surface area contributed by atoms with E-state index in [1.807, 2.05) is 36.0 Å². The first kappa shape index (κ1) is 16.5. The molecule has 0 saturated carbocycles. The maximum absolute atomic E-state index is 12.4. The zero-order chi connectivity index (χ0) is 17.3. The molecule has 24 heavy (non-hydrogen) atoms. The first-order chi connectivity index (χ1) is 11.5. The highest BCUT2D eigenvalue weighted by Crippen LogP contribution is 2.21. The van der Waals surface area contributed by atoms with Crippen molar-refractivity contribution in [3.8, 4) is 0 Å². The van der Waals surface area contributed by atoms with Gasteiger partial charge in [0.15, 0.2) is 0 Å². The van der Waals surface area contributed by atoms with Crippen LogP contribution in [0.4, 0.5) is 5.69 Å². The number of likely N-dealkylation sites (tertiary alicyclic amines) is 1. The SMILES string of the molecule is CC(O)C1CCCN(C(=O)C(=O)Nc2ccc3ccn(C)c3c2)C1. The summed E-state index contributed by atoms with van der Waals surface area (Å²) in [6.07, 6.45) is 3.17. The lowest BCUT2D eigenvalue weighted by molar-refractivity contribution is -0.144. The number of benzene rings is 1. The van der Waals surface area contributed by atoms with Crippen LogP contribution in [0.5, 0.6) is 0 Å². The number of hydrogen-bond acceptors (Lipinski definition) is 3. The highest BCUT2D eigenvalue weighted by molar-refractivity contribution is 6.39. The largest absolute Gasteiger partial charge is 0.393 e. The minimum absolute atomic E-state index is 0.0372. The number of rotatable bonds is 2. The number of piperidine rings is 1. The van der Waals surface area contributed by atoms with Gasteiger partial charge in [0.05, 0.1) is 6.10 Å². The Balaban J connectivity index is 1.68. The molecule has 2 heterocycles. The average molecular weight is 329 g/mol. The highest BCUT2D eigenvalue weighted by Gasteiger charge is 2.29. The number of fused-ring (bicyclic) bond motifs is 1. The number of anilines is 1. The smallest absolute Gasteiger partial charge is 0.313 e. The second kappa shape index (κ2) is 6.65. The maximum atomic E-state index is 12.4. The molecule has 6 nitrogen and oxygen atoms in total. The zero-order valence-corrected chi connectivity index (χ0v) is 14.0. The molecule has 1 aliphatic rings. The summed E-state index contributed by atoms with van der Waals surface area (Å²) in [5.74, 6) is -1.13. The van der Waals surface area contributed by atoms with Crippen LogP contribution in [0.25, 0.3) is 10.9 Å². The van der Waals surface area contributed by atoms with Crippen molar-refractivity contribution in [1.82, 2.24) is 9.47 Å². The molecule has 1 saturated heterocycles. The molecule has 0 spiro atoms. The van der Waals surface area contributed by atoms with E-state index >= 15 is 0 Å². The van der Waals surface area contributed by atoms with Gasteiger partial charge < -0.3 is 19.9 Å². The van der Waals surface area contributed by atoms with Gasteiger partial charge in [-0.25, -0.2) is 0 Å². The summed E-state index contributed by atoms with van der Waals surface area (Å²) < 4.78 is 1.96. The fraction of sp³-hybridized carbons (Fsp3) is 0.444. The van der Waals surface area contributed by atoms with Crippen molar-refractivity contribution in [2.45, 2.75) is 25.9 Å². The summed E-state index contributed by atoms with van der Waals surface area (Å²) in [5.41, 5.74) is 1.60. The van der Waals surface area contributed by atoms with E-state index in [4.69, 9.17) is 0 Å². The minimum Gasteiger partial charge on any atom is -0.393 e. The van der Waals surface area contributed by atoms with Crippen LogP contribution in [0.2, 0.25) is 0 Å². The van der Waals surface area contributed by atoms with Crippen LogP contribution in [0, 0.1) is 5.92 Å². The lowest BCUT2D eigenvalue weighted by atomic mass is 9.93. The van der Waals surface area contributed by atoms with Gasteiger partial charge >= 0.3 is 11.8 Å². The normalized spacial score (nSPS) is 19.3. The summed E-state index contributed by atoms with van der Waals surface area (Å²) in [4.78, 5) is 26.2. The molecule has 6 heteroatoms. The molecule has 3 rings (SSSR count). The van der Waals surface area contributed by atoms with E-state index in [1.165, 1.54) is 4.90 Å². The topological polar surface area (TPSA) is 74.6 Å². The number of aromatic nitrogens is 1. The Bertz CT molecular complexity index is 766. The summed E-state index contributed by atoms with van der Waals surface area (Å²) in [7, 11) is 1.93. The van der Waals surface area contributed by atoms with Gasteiger partial charge in [-0.15, -0.1) is 0 Å².